The largest absolute Gasteiger partial charge is 0.381 e. The molecule has 0 radical (unpaired) electrons. The number of hydrogen-bond donors (Lipinski definition) is 0. The minimum absolute atomic E-state index is 0.373. The van der Waals surface area contributed by atoms with E-state index >= 15 is 0 Å². The van der Waals surface area contributed by atoms with Gasteiger partial charge in [0, 0.05) is 6.61 Å². The second kappa shape index (κ2) is 3.84. The molecule has 84 valence electrons. The van der Waals surface area contributed by atoms with E-state index in [1.807, 2.05) is 0 Å². The summed E-state index contributed by atoms with van der Waals surface area (Å²) >= 11 is 0. The van der Waals surface area contributed by atoms with Crippen molar-refractivity contribution < 1.29 is 4.74 Å². The Morgan fingerprint density at radius 3 is 1.71 bits per heavy atom. The van der Waals surface area contributed by atoms with Gasteiger partial charge >= 0.3 is 0 Å². The molecule has 0 spiro atoms. The zero-order chi connectivity index (χ0) is 11.0. The van der Waals surface area contributed by atoms with Crippen LogP contribution in [0.25, 0.3) is 0 Å². The van der Waals surface area contributed by atoms with Crippen molar-refractivity contribution in [1.29, 1.82) is 0 Å². The Balaban J connectivity index is 2.80. The molecule has 1 heterocycles. The van der Waals surface area contributed by atoms with Crippen LogP contribution < -0.4 is 0 Å². The van der Waals surface area contributed by atoms with E-state index in [1.165, 1.54) is 6.42 Å². The molecule has 0 saturated carbocycles. The normalized spacial score (nSPS) is 30.4. The molecule has 0 aliphatic carbocycles. The van der Waals surface area contributed by atoms with Crippen LogP contribution >= 0.6 is 0 Å². The lowest BCUT2D eigenvalue weighted by molar-refractivity contribution is -0.0656. The summed E-state index contributed by atoms with van der Waals surface area (Å²) < 4.78 is 5.63. The van der Waals surface area contributed by atoms with Gasteiger partial charge in [0.2, 0.25) is 0 Å². The van der Waals surface area contributed by atoms with E-state index in [-0.39, 0.29) is 0 Å². The quantitative estimate of drug-likeness (QED) is 0.576. The molecule has 1 aliphatic rings. The minimum Gasteiger partial charge on any atom is -0.381 e. The van der Waals surface area contributed by atoms with E-state index < -0.39 is 0 Å². The third-order valence-electron chi connectivity index (χ3n) is 3.58. The highest BCUT2D eigenvalue weighted by Gasteiger charge is 2.40. The predicted octanol–water partition coefficient (Wildman–Crippen LogP) is 3.73. The maximum atomic E-state index is 5.63. The van der Waals surface area contributed by atoms with E-state index in [2.05, 4.69) is 41.5 Å². The molecule has 1 saturated heterocycles. The standard InChI is InChI=1S/C13H26O/c1-12(2,3)10-7-8-14-9-11(10)13(4,5)6/h10-11H,7-9H2,1-6H3/t10-,11?/m0/s1. The van der Waals surface area contributed by atoms with Crippen molar-refractivity contribution >= 4 is 0 Å². The summed E-state index contributed by atoms with van der Waals surface area (Å²) in [7, 11) is 0. The second-order valence-electron chi connectivity index (χ2n) is 6.81. The average molecular weight is 198 g/mol. The van der Waals surface area contributed by atoms with E-state index in [9.17, 15) is 0 Å². The molecular weight excluding hydrogens is 172 g/mol. The molecule has 1 aliphatic heterocycles. The number of ether oxygens (including phenoxy) is 1. The second-order valence-corrected chi connectivity index (χ2v) is 6.81. The monoisotopic (exact) mass is 198 g/mol. The van der Waals surface area contributed by atoms with Gasteiger partial charge in [-0.1, -0.05) is 41.5 Å². The molecular formula is C13H26O. The fourth-order valence-electron chi connectivity index (χ4n) is 2.63. The summed E-state index contributed by atoms with van der Waals surface area (Å²) in [6.07, 6.45) is 1.23. The van der Waals surface area contributed by atoms with Crippen LogP contribution in [-0.2, 0) is 4.74 Å². The average Bonchev–Trinajstić information content (AvgIpc) is 2.01. The van der Waals surface area contributed by atoms with Gasteiger partial charge < -0.3 is 4.74 Å². The van der Waals surface area contributed by atoms with Gasteiger partial charge in [-0.25, -0.2) is 0 Å². The number of hydrogen-bond acceptors (Lipinski definition) is 1. The van der Waals surface area contributed by atoms with Gasteiger partial charge in [0.05, 0.1) is 6.61 Å². The van der Waals surface area contributed by atoms with Crippen molar-refractivity contribution in [3.63, 3.8) is 0 Å². The first-order chi connectivity index (χ1) is 6.23. The van der Waals surface area contributed by atoms with Crippen LogP contribution in [0.15, 0.2) is 0 Å². The predicted molar refractivity (Wildman–Crippen MR) is 61.3 cm³/mol. The molecule has 0 aromatic rings. The molecule has 0 aromatic carbocycles. The maximum Gasteiger partial charge on any atom is 0.0502 e. The third kappa shape index (κ3) is 2.73. The van der Waals surface area contributed by atoms with Crippen LogP contribution in [0.4, 0.5) is 0 Å². The van der Waals surface area contributed by atoms with Crippen molar-refractivity contribution in [1.82, 2.24) is 0 Å². The summed E-state index contributed by atoms with van der Waals surface area (Å²) in [5, 5.41) is 0. The van der Waals surface area contributed by atoms with Crippen LogP contribution in [0.3, 0.4) is 0 Å². The Morgan fingerprint density at radius 2 is 1.36 bits per heavy atom. The van der Waals surface area contributed by atoms with Gasteiger partial charge in [0.1, 0.15) is 0 Å². The summed E-state index contributed by atoms with van der Waals surface area (Å²) in [4.78, 5) is 0. The summed E-state index contributed by atoms with van der Waals surface area (Å²) in [5.41, 5.74) is 0.792. The van der Waals surface area contributed by atoms with Gasteiger partial charge in [-0.15, -0.1) is 0 Å². The molecule has 2 atom stereocenters. The summed E-state index contributed by atoms with van der Waals surface area (Å²) in [6.45, 7) is 16.0. The van der Waals surface area contributed by atoms with Gasteiger partial charge in [-0.3, -0.25) is 0 Å². The highest BCUT2D eigenvalue weighted by atomic mass is 16.5. The minimum atomic E-state index is 0.373. The van der Waals surface area contributed by atoms with Crippen LogP contribution in [-0.4, -0.2) is 13.2 Å². The van der Waals surface area contributed by atoms with Crippen molar-refractivity contribution in [2.24, 2.45) is 22.7 Å². The van der Waals surface area contributed by atoms with Gasteiger partial charge in [0.25, 0.3) is 0 Å². The summed E-state index contributed by atoms with van der Waals surface area (Å²) in [6, 6.07) is 0. The first-order valence-corrected chi connectivity index (χ1v) is 5.80. The first-order valence-electron chi connectivity index (χ1n) is 5.80. The van der Waals surface area contributed by atoms with Crippen molar-refractivity contribution in [2.75, 3.05) is 13.2 Å². The Bertz CT molecular complexity index is 160. The lowest BCUT2D eigenvalue weighted by Gasteiger charge is -2.46. The highest BCUT2D eigenvalue weighted by molar-refractivity contribution is 4.88. The van der Waals surface area contributed by atoms with Crippen molar-refractivity contribution in [3.05, 3.63) is 0 Å². The SMILES string of the molecule is CC(C)(C)C1COCC[C@@H]1C(C)(C)C. The Morgan fingerprint density at radius 1 is 0.857 bits per heavy atom. The zero-order valence-electron chi connectivity index (χ0n) is 10.7. The summed E-state index contributed by atoms with van der Waals surface area (Å²) in [5.74, 6) is 1.51. The van der Waals surface area contributed by atoms with Crippen molar-refractivity contribution in [2.45, 2.75) is 48.0 Å². The van der Waals surface area contributed by atoms with Gasteiger partial charge in [-0.05, 0) is 29.1 Å². The maximum absolute atomic E-state index is 5.63. The molecule has 1 fully saturated rings. The lowest BCUT2D eigenvalue weighted by atomic mass is 9.63. The number of rotatable bonds is 0. The molecule has 1 heteroatoms. The Hall–Kier alpha value is -0.0400. The third-order valence-corrected chi connectivity index (χ3v) is 3.58. The van der Waals surface area contributed by atoms with E-state index in [0.717, 1.165) is 19.1 Å². The molecule has 0 amide bonds. The van der Waals surface area contributed by atoms with E-state index in [0.29, 0.717) is 16.7 Å². The van der Waals surface area contributed by atoms with Crippen LogP contribution in [0, 0.1) is 22.7 Å². The van der Waals surface area contributed by atoms with Gasteiger partial charge in [-0.2, -0.15) is 0 Å². The molecule has 1 nitrogen and oxygen atoms in total. The van der Waals surface area contributed by atoms with Crippen LogP contribution in [0.1, 0.15) is 48.0 Å². The zero-order valence-corrected chi connectivity index (χ0v) is 10.7. The van der Waals surface area contributed by atoms with Crippen molar-refractivity contribution in [3.8, 4) is 0 Å². The fourth-order valence-corrected chi connectivity index (χ4v) is 2.63. The first kappa shape index (κ1) is 12.0. The van der Waals surface area contributed by atoms with E-state index in [4.69, 9.17) is 4.74 Å². The molecule has 0 aromatic heterocycles. The molecule has 14 heavy (non-hydrogen) atoms. The van der Waals surface area contributed by atoms with Crippen LogP contribution in [0.2, 0.25) is 0 Å². The fraction of sp³-hybridized carbons (Fsp3) is 1.00. The van der Waals surface area contributed by atoms with Gasteiger partial charge in [0.15, 0.2) is 0 Å². The highest BCUT2D eigenvalue weighted by Crippen LogP contribution is 2.45. The van der Waals surface area contributed by atoms with E-state index in [1.54, 1.807) is 0 Å². The smallest absolute Gasteiger partial charge is 0.0502 e. The van der Waals surface area contributed by atoms with Crippen LogP contribution in [0.5, 0.6) is 0 Å². The molecule has 1 unspecified atom stereocenters. The Labute approximate surface area is 89.2 Å². The molecule has 1 rings (SSSR count). The molecule has 0 bridgehead atoms. The lowest BCUT2D eigenvalue weighted by Crippen LogP contribution is -2.42. The molecule has 0 N–H and O–H groups in total. The Kier molecular flexibility index (Phi) is 3.30. The topological polar surface area (TPSA) is 9.23 Å².